The highest BCUT2D eigenvalue weighted by Gasteiger charge is 2.21. The van der Waals surface area contributed by atoms with E-state index in [1.165, 1.54) is 0 Å². The van der Waals surface area contributed by atoms with E-state index < -0.39 is 16.4 Å². The van der Waals surface area contributed by atoms with E-state index in [1.807, 2.05) is 24.3 Å². The van der Waals surface area contributed by atoms with Gasteiger partial charge in [0.15, 0.2) is 5.82 Å². The van der Waals surface area contributed by atoms with Gasteiger partial charge < -0.3 is 15.8 Å². The number of anilines is 2. The van der Waals surface area contributed by atoms with Crippen LogP contribution in [0.3, 0.4) is 0 Å². The van der Waals surface area contributed by atoms with Crippen LogP contribution >= 0.6 is 15.9 Å². The zero-order valence-corrected chi connectivity index (χ0v) is 13.9. The molecule has 3 N–H and O–H groups in total. The number of nitrogens with one attached hydrogen (secondary N) is 1. The van der Waals surface area contributed by atoms with Crippen molar-refractivity contribution in [3.8, 4) is 0 Å². The van der Waals surface area contributed by atoms with Crippen molar-refractivity contribution >= 4 is 33.0 Å². The van der Waals surface area contributed by atoms with Gasteiger partial charge in [0.2, 0.25) is 0 Å². The molecule has 0 aliphatic rings. The molecule has 0 fully saturated rings. The normalized spacial score (nSPS) is 10.6. The highest BCUT2D eigenvalue weighted by Crippen LogP contribution is 2.38. The maximum atomic E-state index is 14.1. The first-order valence-electron chi connectivity index (χ1n) is 6.67. The molecule has 0 atom stereocenters. The SMILES string of the molecule is COCc1ccccc1CNc1c(F)cc([N+](=O)[O-])c(N)c1Br. The van der Waals surface area contributed by atoms with Crippen LogP contribution in [-0.4, -0.2) is 12.0 Å². The molecule has 2 aromatic rings. The first-order chi connectivity index (χ1) is 11.0. The number of nitrogens with two attached hydrogens (primary N) is 1. The van der Waals surface area contributed by atoms with Crippen molar-refractivity contribution in [3.63, 3.8) is 0 Å². The molecule has 122 valence electrons. The second-order valence-electron chi connectivity index (χ2n) is 4.79. The van der Waals surface area contributed by atoms with Gasteiger partial charge in [-0.15, -0.1) is 0 Å². The van der Waals surface area contributed by atoms with E-state index in [1.54, 1.807) is 7.11 Å². The number of nitro groups is 1. The smallest absolute Gasteiger partial charge is 0.296 e. The topological polar surface area (TPSA) is 90.4 Å². The number of nitrogens with zero attached hydrogens (tertiary/aromatic N) is 1. The Morgan fingerprint density at radius 2 is 2.04 bits per heavy atom. The molecule has 0 aromatic heterocycles. The van der Waals surface area contributed by atoms with Crippen LogP contribution in [0.15, 0.2) is 34.8 Å². The van der Waals surface area contributed by atoms with Crippen molar-refractivity contribution in [3.05, 3.63) is 61.9 Å². The van der Waals surface area contributed by atoms with Crippen LogP contribution in [0.25, 0.3) is 0 Å². The summed E-state index contributed by atoms with van der Waals surface area (Å²) in [7, 11) is 1.59. The monoisotopic (exact) mass is 383 g/mol. The maximum Gasteiger partial charge on any atom is 0.296 e. The van der Waals surface area contributed by atoms with Crippen LogP contribution in [-0.2, 0) is 17.9 Å². The lowest BCUT2D eigenvalue weighted by atomic mass is 10.1. The van der Waals surface area contributed by atoms with E-state index in [9.17, 15) is 14.5 Å². The van der Waals surface area contributed by atoms with Crippen molar-refractivity contribution in [2.45, 2.75) is 13.2 Å². The standard InChI is InChI=1S/C15H15BrFN3O3/c1-23-8-10-5-3-2-4-9(10)7-19-15-11(17)6-12(20(21)22)14(18)13(15)16/h2-6,19H,7-8,18H2,1H3. The molecular formula is C15H15BrFN3O3. The van der Waals surface area contributed by atoms with Crippen LogP contribution in [0.1, 0.15) is 11.1 Å². The molecule has 0 unspecified atom stereocenters. The number of halogens is 2. The Morgan fingerprint density at radius 1 is 1.39 bits per heavy atom. The Labute approximate surface area is 140 Å². The summed E-state index contributed by atoms with van der Waals surface area (Å²) in [4.78, 5) is 10.1. The van der Waals surface area contributed by atoms with Gasteiger partial charge in [-0.2, -0.15) is 0 Å². The summed E-state index contributed by atoms with van der Waals surface area (Å²) in [5.41, 5.74) is 7.07. The van der Waals surface area contributed by atoms with Crippen LogP contribution in [0, 0.1) is 15.9 Å². The number of benzene rings is 2. The van der Waals surface area contributed by atoms with Gasteiger partial charge in [-0.1, -0.05) is 24.3 Å². The summed E-state index contributed by atoms with van der Waals surface area (Å²) in [6, 6.07) is 8.37. The van der Waals surface area contributed by atoms with Gasteiger partial charge in [-0.25, -0.2) is 4.39 Å². The Balaban J connectivity index is 2.28. The molecule has 0 aliphatic carbocycles. The molecule has 0 aliphatic heterocycles. The maximum absolute atomic E-state index is 14.1. The highest BCUT2D eigenvalue weighted by atomic mass is 79.9. The average molecular weight is 384 g/mol. The molecular weight excluding hydrogens is 369 g/mol. The lowest BCUT2D eigenvalue weighted by Gasteiger charge is -2.14. The third-order valence-electron chi connectivity index (χ3n) is 3.30. The summed E-state index contributed by atoms with van der Waals surface area (Å²) in [6.07, 6.45) is 0. The van der Waals surface area contributed by atoms with Crippen LogP contribution in [0.2, 0.25) is 0 Å². The van der Waals surface area contributed by atoms with Gasteiger partial charge in [-0.3, -0.25) is 10.1 Å². The fourth-order valence-electron chi connectivity index (χ4n) is 2.14. The lowest BCUT2D eigenvalue weighted by molar-refractivity contribution is -0.384. The van der Waals surface area contributed by atoms with Crippen LogP contribution < -0.4 is 11.1 Å². The molecule has 2 aromatic carbocycles. The molecule has 8 heteroatoms. The molecule has 0 saturated heterocycles. The molecule has 0 bridgehead atoms. The first kappa shape index (κ1) is 17.2. The lowest BCUT2D eigenvalue weighted by Crippen LogP contribution is -2.08. The summed E-state index contributed by atoms with van der Waals surface area (Å²) in [5.74, 6) is -0.748. The van der Waals surface area contributed by atoms with E-state index in [0.717, 1.165) is 17.2 Å². The average Bonchev–Trinajstić information content (AvgIpc) is 2.52. The minimum Gasteiger partial charge on any atom is -0.392 e. The van der Waals surface area contributed by atoms with Crippen molar-refractivity contribution in [1.29, 1.82) is 0 Å². The van der Waals surface area contributed by atoms with Gasteiger partial charge in [0, 0.05) is 13.7 Å². The fraction of sp³-hybridized carbons (Fsp3) is 0.200. The Hall–Kier alpha value is -2.19. The van der Waals surface area contributed by atoms with E-state index in [0.29, 0.717) is 13.2 Å². The Bertz CT molecular complexity index is 740. The number of ether oxygens (including phenoxy) is 1. The van der Waals surface area contributed by atoms with Gasteiger partial charge in [0.05, 0.1) is 27.8 Å². The molecule has 2 rings (SSSR count). The van der Waals surface area contributed by atoms with Gasteiger partial charge in [0.1, 0.15) is 5.69 Å². The van der Waals surface area contributed by atoms with Crippen LogP contribution in [0.5, 0.6) is 0 Å². The largest absolute Gasteiger partial charge is 0.392 e. The van der Waals surface area contributed by atoms with Crippen LogP contribution in [0.4, 0.5) is 21.5 Å². The molecule has 6 nitrogen and oxygen atoms in total. The van der Waals surface area contributed by atoms with E-state index >= 15 is 0 Å². The summed E-state index contributed by atoms with van der Waals surface area (Å²) >= 11 is 3.12. The minimum absolute atomic E-state index is 0.0836. The van der Waals surface area contributed by atoms with Gasteiger partial charge in [-0.05, 0) is 27.1 Å². The highest BCUT2D eigenvalue weighted by molar-refractivity contribution is 9.10. The zero-order chi connectivity index (χ0) is 17.0. The number of nitrogen functional groups attached to an aromatic ring is 1. The first-order valence-corrected chi connectivity index (χ1v) is 7.46. The predicted molar refractivity (Wildman–Crippen MR) is 89.6 cm³/mol. The molecule has 0 saturated carbocycles. The third kappa shape index (κ3) is 3.77. The van der Waals surface area contributed by atoms with E-state index in [4.69, 9.17) is 10.5 Å². The number of rotatable bonds is 6. The number of nitro benzene ring substituents is 1. The fourth-order valence-corrected chi connectivity index (χ4v) is 2.68. The zero-order valence-electron chi connectivity index (χ0n) is 12.3. The molecule has 0 spiro atoms. The minimum atomic E-state index is -0.748. The van der Waals surface area contributed by atoms with Crippen molar-refractivity contribution < 1.29 is 14.1 Å². The second-order valence-corrected chi connectivity index (χ2v) is 5.59. The predicted octanol–water partition coefficient (Wildman–Crippen LogP) is 3.84. The number of hydrogen-bond donors (Lipinski definition) is 2. The second kappa shape index (κ2) is 7.38. The van der Waals surface area contributed by atoms with Gasteiger partial charge >= 0.3 is 0 Å². The number of methoxy groups -OCH3 is 1. The molecule has 23 heavy (non-hydrogen) atoms. The summed E-state index contributed by atoms with van der Waals surface area (Å²) in [5, 5.41) is 13.8. The van der Waals surface area contributed by atoms with Crippen molar-refractivity contribution in [1.82, 2.24) is 0 Å². The quantitative estimate of drug-likeness (QED) is 0.449. The van der Waals surface area contributed by atoms with Crippen molar-refractivity contribution in [2.24, 2.45) is 0 Å². The Kier molecular flexibility index (Phi) is 5.51. The van der Waals surface area contributed by atoms with E-state index in [2.05, 4.69) is 21.2 Å². The summed E-state index contributed by atoms with van der Waals surface area (Å²) < 4.78 is 19.4. The van der Waals surface area contributed by atoms with Gasteiger partial charge in [0.25, 0.3) is 5.69 Å². The molecule has 0 radical (unpaired) electrons. The molecule has 0 heterocycles. The van der Waals surface area contributed by atoms with E-state index in [-0.39, 0.29) is 15.8 Å². The summed E-state index contributed by atoms with van der Waals surface area (Å²) in [6.45, 7) is 0.760. The number of hydrogen-bond acceptors (Lipinski definition) is 5. The Morgan fingerprint density at radius 3 is 2.65 bits per heavy atom. The third-order valence-corrected chi connectivity index (χ3v) is 4.13. The molecule has 0 amide bonds. The van der Waals surface area contributed by atoms with Crippen molar-refractivity contribution in [2.75, 3.05) is 18.2 Å².